The summed E-state index contributed by atoms with van der Waals surface area (Å²) in [5, 5.41) is 15.8. The molecule has 1 amide bonds. The number of benzene rings is 3. The zero-order chi connectivity index (χ0) is 17.6. The molecule has 1 atom stereocenters. The van der Waals surface area contributed by atoms with Crippen LogP contribution in [0.4, 0.5) is 0 Å². The fourth-order valence-corrected chi connectivity index (χ4v) is 2.43. The summed E-state index contributed by atoms with van der Waals surface area (Å²) in [4.78, 5) is 12.1. The van der Waals surface area contributed by atoms with Crippen molar-refractivity contribution >= 4 is 22.9 Å². The van der Waals surface area contributed by atoms with Gasteiger partial charge in [0.1, 0.15) is 11.5 Å². The van der Waals surface area contributed by atoms with E-state index in [-0.39, 0.29) is 11.7 Å². The fourth-order valence-electron chi connectivity index (χ4n) is 2.43. The average molecular weight is 334 g/mol. The van der Waals surface area contributed by atoms with Crippen LogP contribution < -0.4 is 10.2 Å². The molecule has 0 saturated carbocycles. The van der Waals surface area contributed by atoms with E-state index in [1.165, 1.54) is 6.21 Å². The van der Waals surface area contributed by atoms with Gasteiger partial charge in [0.05, 0.1) is 6.21 Å². The molecule has 0 aliphatic carbocycles. The van der Waals surface area contributed by atoms with Crippen molar-refractivity contribution in [3.05, 3.63) is 72.3 Å². The van der Waals surface area contributed by atoms with Crippen LogP contribution in [-0.2, 0) is 4.79 Å². The summed E-state index contributed by atoms with van der Waals surface area (Å²) in [6.45, 7) is 1.65. The Morgan fingerprint density at radius 2 is 1.80 bits per heavy atom. The van der Waals surface area contributed by atoms with Gasteiger partial charge >= 0.3 is 0 Å². The number of carbonyl (C=O) groups excluding carboxylic acids is 1. The largest absolute Gasteiger partial charge is 0.507 e. The molecule has 25 heavy (non-hydrogen) atoms. The molecule has 0 spiro atoms. The number of phenolic OH excluding ortho intramolecular Hbond substituents is 1. The van der Waals surface area contributed by atoms with Gasteiger partial charge in [-0.2, -0.15) is 5.10 Å². The first-order chi connectivity index (χ1) is 12.1. The first-order valence-corrected chi connectivity index (χ1v) is 7.90. The predicted molar refractivity (Wildman–Crippen MR) is 97.9 cm³/mol. The number of para-hydroxylation sites is 1. The van der Waals surface area contributed by atoms with Crippen molar-refractivity contribution < 1.29 is 14.6 Å². The molecule has 0 bridgehead atoms. The number of nitrogens with zero attached hydrogens (tertiary/aromatic N) is 1. The number of carbonyl (C=O) groups is 1. The van der Waals surface area contributed by atoms with Crippen LogP contribution in [0.5, 0.6) is 11.5 Å². The van der Waals surface area contributed by atoms with E-state index >= 15 is 0 Å². The standard InChI is InChI=1S/C20H18N2O3/c1-14(25-16-8-3-2-4-9-16)20(24)22-21-13-18-17-10-6-5-7-15(17)11-12-19(18)23/h2-14,23H,1H3,(H,22,24)/b21-13-. The van der Waals surface area contributed by atoms with Crippen LogP contribution in [-0.4, -0.2) is 23.3 Å². The highest BCUT2D eigenvalue weighted by molar-refractivity contribution is 6.02. The molecule has 3 aromatic carbocycles. The number of fused-ring (bicyclic) bond motifs is 1. The van der Waals surface area contributed by atoms with Crippen LogP contribution >= 0.6 is 0 Å². The lowest BCUT2D eigenvalue weighted by atomic mass is 10.0. The highest BCUT2D eigenvalue weighted by Crippen LogP contribution is 2.25. The van der Waals surface area contributed by atoms with Gasteiger partial charge in [0.15, 0.2) is 6.10 Å². The summed E-state index contributed by atoms with van der Waals surface area (Å²) >= 11 is 0. The van der Waals surface area contributed by atoms with Crippen molar-refractivity contribution in [2.75, 3.05) is 0 Å². The molecule has 0 fully saturated rings. The first-order valence-electron chi connectivity index (χ1n) is 7.90. The first kappa shape index (κ1) is 16.5. The van der Waals surface area contributed by atoms with Crippen molar-refractivity contribution in [2.45, 2.75) is 13.0 Å². The number of rotatable bonds is 5. The molecular weight excluding hydrogens is 316 g/mol. The topological polar surface area (TPSA) is 70.9 Å². The third-order valence-electron chi connectivity index (χ3n) is 3.74. The minimum absolute atomic E-state index is 0.102. The highest BCUT2D eigenvalue weighted by atomic mass is 16.5. The van der Waals surface area contributed by atoms with Gasteiger partial charge in [-0.05, 0) is 35.9 Å². The van der Waals surface area contributed by atoms with E-state index in [1.54, 1.807) is 25.1 Å². The maximum atomic E-state index is 12.1. The molecule has 0 radical (unpaired) electrons. The minimum atomic E-state index is -0.694. The van der Waals surface area contributed by atoms with Crippen LogP contribution in [0.2, 0.25) is 0 Å². The van der Waals surface area contributed by atoms with Gasteiger partial charge in [0.25, 0.3) is 5.91 Å². The third-order valence-corrected chi connectivity index (χ3v) is 3.74. The van der Waals surface area contributed by atoms with Gasteiger partial charge < -0.3 is 9.84 Å². The SMILES string of the molecule is CC(Oc1ccccc1)C(=O)N/N=C\c1c(O)ccc2ccccc12. The van der Waals surface area contributed by atoms with Crippen LogP contribution in [0.25, 0.3) is 10.8 Å². The molecule has 0 saturated heterocycles. The van der Waals surface area contributed by atoms with Gasteiger partial charge in [-0.3, -0.25) is 4.79 Å². The maximum Gasteiger partial charge on any atom is 0.280 e. The second-order valence-electron chi connectivity index (χ2n) is 5.53. The summed E-state index contributed by atoms with van der Waals surface area (Å²) in [5.74, 6) is 0.339. The zero-order valence-corrected chi connectivity index (χ0v) is 13.7. The zero-order valence-electron chi connectivity index (χ0n) is 13.7. The van der Waals surface area contributed by atoms with Gasteiger partial charge in [0.2, 0.25) is 0 Å². The molecule has 0 heterocycles. The summed E-state index contributed by atoms with van der Waals surface area (Å²) in [5.41, 5.74) is 2.99. The Morgan fingerprint density at radius 1 is 1.08 bits per heavy atom. The lowest BCUT2D eigenvalue weighted by Crippen LogP contribution is -2.33. The molecule has 3 aromatic rings. The van der Waals surface area contributed by atoms with Crippen molar-refractivity contribution in [3.8, 4) is 11.5 Å². The third kappa shape index (κ3) is 3.95. The molecule has 1 unspecified atom stereocenters. The fraction of sp³-hybridized carbons (Fsp3) is 0.100. The van der Waals surface area contributed by atoms with Crippen molar-refractivity contribution in [2.24, 2.45) is 5.10 Å². The molecular formula is C20H18N2O3. The molecule has 3 rings (SSSR count). The maximum absolute atomic E-state index is 12.1. The van der Waals surface area contributed by atoms with E-state index in [9.17, 15) is 9.90 Å². The number of nitrogens with one attached hydrogen (secondary N) is 1. The normalized spacial score (nSPS) is 12.2. The summed E-state index contributed by atoms with van der Waals surface area (Å²) in [6, 6.07) is 20.2. The van der Waals surface area contributed by atoms with Crippen molar-refractivity contribution in [1.29, 1.82) is 0 Å². The number of hydrogen-bond donors (Lipinski definition) is 2. The number of phenols is 1. The number of hydrazone groups is 1. The quantitative estimate of drug-likeness (QED) is 0.554. The van der Waals surface area contributed by atoms with E-state index in [0.29, 0.717) is 11.3 Å². The lowest BCUT2D eigenvalue weighted by molar-refractivity contribution is -0.127. The van der Waals surface area contributed by atoms with Crippen molar-refractivity contribution in [3.63, 3.8) is 0 Å². The van der Waals surface area contributed by atoms with E-state index in [1.807, 2.05) is 48.5 Å². The van der Waals surface area contributed by atoms with Crippen LogP contribution in [0.3, 0.4) is 0 Å². The molecule has 126 valence electrons. The Labute approximate surface area is 145 Å². The average Bonchev–Trinajstić information content (AvgIpc) is 2.64. The molecule has 0 aromatic heterocycles. The summed E-state index contributed by atoms with van der Waals surface area (Å²) in [6.07, 6.45) is 0.741. The Balaban J connectivity index is 1.69. The van der Waals surface area contributed by atoms with Gasteiger partial charge in [-0.15, -0.1) is 0 Å². The minimum Gasteiger partial charge on any atom is -0.507 e. The van der Waals surface area contributed by atoms with E-state index in [2.05, 4.69) is 10.5 Å². The Morgan fingerprint density at radius 3 is 2.60 bits per heavy atom. The summed E-state index contributed by atoms with van der Waals surface area (Å²) in [7, 11) is 0. The molecule has 2 N–H and O–H groups in total. The smallest absolute Gasteiger partial charge is 0.280 e. The lowest BCUT2D eigenvalue weighted by Gasteiger charge is -2.12. The molecule has 0 aliphatic heterocycles. The van der Waals surface area contributed by atoms with E-state index < -0.39 is 6.10 Å². The monoisotopic (exact) mass is 334 g/mol. The predicted octanol–water partition coefficient (Wildman–Crippen LogP) is 3.46. The summed E-state index contributed by atoms with van der Waals surface area (Å²) < 4.78 is 5.54. The van der Waals surface area contributed by atoms with Crippen molar-refractivity contribution in [1.82, 2.24) is 5.43 Å². The number of hydrogen-bond acceptors (Lipinski definition) is 4. The van der Waals surface area contributed by atoms with Gasteiger partial charge in [-0.1, -0.05) is 48.5 Å². The second kappa shape index (κ2) is 7.49. The highest BCUT2D eigenvalue weighted by Gasteiger charge is 2.13. The Bertz CT molecular complexity index is 907. The van der Waals surface area contributed by atoms with Gasteiger partial charge in [0, 0.05) is 5.56 Å². The van der Waals surface area contributed by atoms with Crippen LogP contribution in [0.1, 0.15) is 12.5 Å². The molecule has 0 aliphatic rings. The number of amides is 1. The number of aromatic hydroxyl groups is 1. The van der Waals surface area contributed by atoms with Crippen LogP contribution in [0.15, 0.2) is 71.8 Å². The Hall–Kier alpha value is -3.34. The van der Waals surface area contributed by atoms with Crippen LogP contribution in [0, 0.1) is 0 Å². The second-order valence-corrected chi connectivity index (χ2v) is 5.53. The molecule has 5 heteroatoms. The van der Waals surface area contributed by atoms with E-state index in [0.717, 1.165) is 10.8 Å². The van der Waals surface area contributed by atoms with Gasteiger partial charge in [-0.25, -0.2) is 5.43 Å². The molecule has 5 nitrogen and oxygen atoms in total. The van der Waals surface area contributed by atoms with E-state index in [4.69, 9.17) is 4.74 Å². The number of ether oxygens (including phenoxy) is 1. The Kier molecular flexibility index (Phi) is 4.95.